The van der Waals surface area contributed by atoms with Crippen LogP contribution in [0, 0.1) is 0 Å². The Morgan fingerprint density at radius 3 is 2.31 bits per heavy atom. The Kier molecular flexibility index (Phi) is 4.70. The van der Waals surface area contributed by atoms with Crippen LogP contribution < -0.4 is 5.32 Å². The topological polar surface area (TPSA) is 55.4 Å². The highest BCUT2D eigenvalue weighted by Gasteiger charge is 2.19. The third kappa shape index (κ3) is 6.83. The van der Waals surface area contributed by atoms with Crippen molar-refractivity contribution in [2.24, 2.45) is 0 Å². The predicted octanol–water partition coefficient (Wildman–Crippen LogP) is 1.76. The van der Waals surface area contributed by atoms with E-state index >= 15 is 0 Å². The number of halogens is 1. The highest BCUT2D eigenvalue weighted by atomic mass is 35.7. The van der Waals surface area contributed by atoms with E-state index in [1.807, 2.05) is 0 Å². The molecule has 6 heteroatoms. The second-order valence-corrected chi connectivity index (χ2v) is 5.65. The van der Waals surface area contributed by atoms with Crippen molar-refractivity contribution >= 4 is 26.8 Å². The van der Waals surface area contributed by atoms with Gasteiger partial charge in [0.1, 0.15) is 21.0 Å². The lowest BCUT2D eigenvalue weighted by molar-refractivity contribution is 0.0524. The fourth-order valence-electron chi connectivity index (χ4n) is 0.520. The van der Waals surface area contributed by atoms with E-state index in [2.05, 4.69) is 5.32 Å². The maximum atomic E-state index is 11.0. The molecule has 0 aromatic heterocycles. The lowest BCUT2D eigenvalue weighted by Gasteiger charge is -2.20. The van der Waals surface area contributed by atoms with Gasteiger partial charge in [-0.15, -0.1) is 0 Å². The maximum Gasteiger partial charge on any atom is 0.408 e. The average molecular weight is 228 g/mol. The number of nitrogens with one attached hydrogen (secondary N) is 1. The van der Waals surface area contributed by atoms with Crippen molar-refractivity contribution in [3.05, 3.63) is 0 Å². The zero-order chi connectivity index (χ0) is 10.6. The first-order valence-electron chi connectivity index (χ1n) is 3.79. The average Bonchev–Trinajstić information content (AvgIpc) is 1.81. The van der Waals surface area contributed by atoms with E-state index in [-0.39, 0.29) is 0 Å². The van der Waals surface area contributed by atoms with Crippen molar-refractivity contribution in [2.75, 3.05) is 0 Å². The number of ether oxygens (including phenoxy) is 1. The van der Waals surface area contributed by atoms with E-state index in [9.17, 15) is 9.00 Å². The van der Waals surface area contributed by atoms with Crippen molar-refractivity contribution in [1.29, 1.82) is 0 Å². The van der Waals surface area contributed by atoms with Gasteiger partial charge < -0.3 is 10.1 Å². The molecule has 0 aliphatic heterocycles. The summed E-state index contributed by atoms with van der Waals surface area (Å²) in [6.07, 6.45) is -0.617. The van der Waals surface area contributed by atoms with Crippen LogP contribution in [0.5, 0.6) is 0 Å². The smallest absolute Gasteiger partial charge is 0.408 e. The summed E-state index contributed by atoms with van der Waals surface area (Å²) in [4.78, 5) is 11.0. The summed E-state index contributed by atoms with van der Waals surface area (Å²) < 4.78 is 15.6. The molecule has 0 bridgehead atoms. The van der Waals surface area contributed by atoms with Gasteiger partial charge in [0.25, 0.3) is 0 Å². The standard InChI is InChI=1S/C7H14ClNO3S/c1-5(13(8)11)9-6(10)12-7(2,3)4/h5H,1-4H3,(H,9,10). The van der Waals surface area contributed by atoms with Crippen molar-refractivity contribution in [3.8, 4) is 0 Å². The van der Waals surface area contributed by atoms with Crippen LogP contribution >= 0.6 is 10.7 Å². The van der Waals surface area contributed by atoms with Crippen molar-refractivity contribution < 1.29 is 13.7 Å². The molecule has 0 fully saturated rings. The highest BCUT2D eigenvalue weighted by molar-refractivity contribution is 8.08. The number of hydrogen-bond acceptors (Lipinski definition) is 3. The predicted molar refractivity (Wildman–Crippen MR) is 52.8 cm³/mol. The van der Waals surface area contributed by atoms with Crippen LogP contribution in [-0.4, -0.2) is 21.3 Å². The van der Waals surface area contributed by atoms with Crippen molar-refractivity contribution in [2.45, 2.75) is 38.7 Å². The molecule has 1 amide bonds. The van der Waals surface area contributed by atoms with Gasteiger partial charge in [0, 0.05) is 0 Å². The third-order valence-corrected chi connectivity index (χ3v) is 2.47. The summed E-state index contributed by atoms with van der Waals surface area (Å²) >= 11 is 0. The van der Waals surface area contributed by atoms with Gasteiger partial charge >= 0.3 is 6.09 Å². The summed E-state index contributed by atoms with van der Waals surface area (Å²) in [5, 5.41) is 1.73. The van der Waals surface area contributed by atoms with E-state index < -0.39 is 27.1 Å². The molecule has 0 saturated carbocycles. The molecular formula is C7H14ClNO3S. The zero-order valence-corrected chi connectivity index (χ0v) is 9.66. The Bertz CT molecular complexity index is 214. The van der Waals surface area contributed by atoms with E-state index in [0.29, 0.717) is 0 Å². The van der Waals surface area contributed by atoms with Gasteiger partial charge in [0.15, 0.2) is 0 Å². The Morgan fingerprint density at radius 1 is 1.54 bits per heavy atom. The molecule has 0 aliphatic carbocycles. The number of hydrogen-bond donors (Lipinski definition) is 1. The molecule has 1 N–H and O–H groups in total. The zero-order valence-electron chi connectivity index (χ0n) is 8.09. The first kappa shape index (κ1) is 12.7. The highest BCUT2D eigenvalue weighted by Crippen LogP contribution is 2.07. The second-order valence-electron chi connectivity index (χ2n) is 3.54. The first-order chi connectivity index (χ1) is 5.72. The minimum absolute atomic E-state index is 0.558. The van der Waals surface area contributed by atoms with Crippen LogP contribution in [0.4, 0.5) is 4.79 Å². The van der Waals surface area contributed by atoms with Gasteiger partial charge in [0.2, 0.25) is 0 Å². The normalized spacial score (nSPS) is 16.1. The molecule has 0 heterocycles. The number of amides is 1. The molecule has 0 rings (SSSR count). The summed E-state index contributed by atoms with van der Waals surface area (Å²) in [7, 11) is 3.65. The minimum Gasteiger partial charge on any atom is -0.444 e. The lowest BCUT2D eigenvalue weighted by atomic mass is 10.2. The van der Waals surface area contributed by atoms with Gasteiger partial charge in [-0.25, -0.2) is 9.00 Å². The molecule has 0 aromatic carbocycles. The van der Waals surface area contributed by atoms with Crippen molar-refractivity contribution in [1.82, 2.24) is 5.32 Å². The van der Waals surface area contributed by atoms with Gasteiger partial charge in [-0.3, -0.25) is 0 Å². The van der Waals surface area contributed by atoms with Crippen LogP contribution in [-0.2, 0) is 14.7 Å². The summed E-state index contributed by atoms with van der Waals surface area (Å²) in [6, 6.07) is 0. The minimum atomic E-state index is -1.60. The summed E-state index contributed by atoms with van der Waals surface area (Å²) in [6.45, 7) is 6.77. The van der Waals surface area contributed by atoms with Gasteiger partial charge in [0.05, 0.1) is 0 Å². The van der Waals surface area contributed by atoms with Crippen molar-refractivity contribution in [3.63, 3.8) is 0 Å². The van der Waals surface area contributed by atoms with E-state index in [0.717, 1.165) is 0 Å². The molecule has 0 spiro atoms. The SMILES string of the molecule is CC(NC(=O)OC(C)(C)C)S(=O)Cl. The Hall–Kier alpha value is -0.290. The molecule has 2 unspecified atom stereocenters. The third-order valence-electron chi connectivity index (χ3n) is 0.998. The summed E-state index contributed by atoms with van der Waals surface area (Å²) in [5.41, 5.74) is -0.558. The molecule has 4 nitrogen and oxygen atoms in total. The second kappa shape index (κ2) is 4.81. The summed E-state index contributed by atoms with van der Waals surface area (Å²) in [5.74, 6) is 0. The van der Waals surface area contributed by atoms with Crippen LogP contribution in [0.15, 0.2) is 0 Å². The van der Waals surface area contributed by atoms with Crippen LogP contribution in [0.25, 0.3) is 0 Å². The van der Waals surface area contributed by atoms with Gasteiger partial charge in [-0.2, -0.15) is 0 Å². The molecule has 0 radical (unpaired) electrons. The number of carbonyl (C=O) groups excluding carboxylic acids is 1. The van der Waals surface area contributed by atoms with Gasteiger partial charge in [-0.1, -0.05) is 0 Å². The maximum absolute atomic E-state index is 11.0. The fourth-order valence-corrected chi connectivity index (χ4v) is 0.842. The molecule has 0 saturated heterocycles. The van der Waals surface area contributed by atoms with E-state index in [1.165, 1.54) is 6.92 Å². The van der Waals surface area contributed by atoms with Gasteiger partial charge in [-0.05, 0) is 38.4 Å². The fraction of sp³-hybridized carbons (Fsp3) is 0.857. The Labute approximate surface area is 84.9 Å². The number of rotatable bonds is 2. The molecular weight excluding hydrogens is 214 g/mol. The lowest BCUT2D eigenvalue weighted by Crippen LogP contribution is -2.38. The van der Waals surface area contributed by atoms with Crippen LogP contribution in [0.2, 0.25) is 0 Å². The number of carbonyl (C=O) groups is 1. The quantitative estimate of drug-likeness (QED) is 0.732. The van der Waals surface area contributed by atoms with E-state index in [4.69, 9.17) is 15.4 Å². The Morgan fingerprint density at radius 2 is 2.00 bits per heavy atom. The van der Waals surface area contributed by atoms with Crippen LogP contribution in [0.3, 0.4) is 0 Å². The van der Waals surface area contributed by atoms with Crippen LogP contribution in [0.1, 0.15) is 27.7 Å². The molecule has 2 atom stereocenters. The largest absolute Gasteiger partial charge is 0.444 e. The molecule has 0 aromatic rings. The molecule has 78 valence electrons. The Balaban J connectivity index is 3.96. The monoisotopic (exact) mass is 227 g/mol. The van der Waals surface area contributed by atoms with E-state index in [1.54, 1.807) is 20.8 Å². The number of alkyl carbamates (subject to hydrolysis) is 1. The molecule has 0 aliphatic rings. The molecule has 13 heavy (non-hydrogen) atoms. The first-order valence-corrected chi connectivity index (χ1v) is 5.82.